The van der Waals surface area contributed by atoms with Crippen molar-refractivity contribution < 1.29 is 0 Å². The van der Waals surface area contributed by atoms with E-state index in [9.17, 15) is 0 Å². The second kappa shape index (κ2) is 6.23. The predicted molar refractivity (Wildman–Crippen MR) is 63.4 cm³/mol. The molecule has 3 unspecified atom stereocenters. The zero-order chi connectivity index (χ0) is 10.4. The van der Waals surface area contributed by atoms with Crippen molar-refractivity contribution >= 4 is 0 Å². The van der Waals surface area contributed by atoms with Crippen LogP contribution in [0.1, 0.15) is 46.0 Å². The zero-order valence-corrected chi connectivity index (χ0v) is 9.76. The molecular formula is C13H25N. The van der Waals surface area contributed by atoms with Crippen LogP contribution in [0.25, 0.3) is 0 Å². The molecule has 1 fully saturated rings. The molecule has 0 amide bonds. The van der Waals surface area contributed by atoms with Crippen molar-refractivity contribution in [1.29, 1.82) is 0 Å². The third-order valence-electron chi connectivity index (χ3n) is 3.52. The Morgan fingerprint density at radius 1 is 1.50 bits per heavy atom. The molecule has 14 heavy (non-hydrogen) atoms. The molecule has 0 aromatic rings. The van der Waals surface area contributed by atoms with Crippen molar-refractivity contribution in [2.24, 2.45) is 11.8 Å². The summed E-state index contributed by atoms with van der Waals surface area (Å²) >= 11 is 0. The van der Waals surface area contributed by atoms with Gasteiger partial charge < -0.3 is 5.32 Å². The second-order valence-electron chi connectivity index (χ2n) is 4.66. The first-order valence-corrected chi connectivity index (χ1v) is 6.13. The van der Waals surface area contributed by atoms with Crippen molar-refractivity contribution in [3.05, 3.63) is 12.7 Å². The van der Waals surface area contributed by atoms with E-state index in [-0.39, 0.29) is 0 Å². The Kier molecular flexibility index (Phi) is 5.24. The Balaban J connectivity index is 2.43. The van der Waals surface area contributed by atoms with E-state index < -0.39 is 0 Å². The predicted octanol–water partition coefficient (Wildman–Crippen LogP) is 3.37. The molecule has 0 bridgehead atoms. The fraction of sp³-hybridized carbons (Fsp3) is 0.846. The number of hydrogen-bond donors (Lipinski definition) is 1. The summed E-state index contributed by atoms with van der Waals surface area (Å²) in [6, 6.07) is 0.685. The maximum atomic E-state index is 3.86. The van der Waals surface area contributed by atoms with Crippen molar-refractivity contribution in [3.63, 3.8) is 0 Å². The van der Waals surface area contributed by atoms with Crippen LogP contribution in [0.2, 0.25) is 0 Å². The highest BCUT2D eigenvalue weighted by Crippen LogP contribution is 2.34. The van der Waals surface area contributed by atoms with Gasteiger partial charge in [-0.3, -0.25) is 0 Å². The highest BCUT2D eigenvalue weighted by Gasteiger charge is 2.29. The number of nitrogens with one attached hydrogen (secondary N) is 1. The van der Waals surface area contributed by atoms with Crippen LogP contribution in [0, 0.1) is 11.8 Å². The average molecular weight is 195 g/mol. The molecule has 1 aliphatic carbocycles. The molecular weight excluding hydrogens is 170 g/mol. The first-order chi connectivity index (χ1) is 6.79. The average Bonchev–Trinajstić information content (AvgIpc) is 2.59. The third kappa shape index (κ3) is 3.13. The van der Waals surface area contributed by atoms with Gasteiger partial charge in [-0.25, -0.2) is 0 Å². The largest absolute Gasteiger partial charge is 0.313 e. The van der Waals surface area contributed by atoms with Crippen LogP contribution in [0.15, 0.2) is 12.7 Å². The molecule has 0 heterocycles. The van der Waals surface area contributed by atoms with Gasteiger partial charge in [-0.15, -0.1) is 6.58 Å². The Hall–Kier alpha value is -0.300. The molecule has 1 heteroatoms. The highest BCUT2D eigenvalue weighted by atomic mass is 14.9. The normalized spacial score (nSPS) is 29.0. The molecule has 82 valence electrons. The summed E-state index contributed by atoms with van der Waals surface area (Å²) < 4.78 is 0. The van der Waals surface area contributed by atoms with Gasteiger partial charge in [0.1, 0.15) is 0 Å². The maximum Gasteiger partial charge on any atom is 0.0132 e. The minimum absolute atomic E-state index is 0.685. The lowest BCUT2D eigenvalue weighted by Gasteiger charge is -2.27. The summed E-state index contributed by atoms with van der Waals surface area (Å²) in [4.78, 5) is 0. The summed E-state index contributed by atoms with van der Waals surface area (Å²) in [5.41, 5.74) is 0. The zero-order valence-electron chi connectivity index (χ0n) is 9.76. The van der Waals surface area contributed by atoms with Gasteiger partial charge in [0.15, 0.2) is 0 Å². The third-order valence-corrected chi connectivity index (χ3v) is 3.52. The van der Waals surface area contributed by atoms with E-state index >= 15 is 0 Å². The van der Waals surface area contributed by atoms with E-state index in [1.165, 1.54) is 25.7 Å². The molecule has 1 nitrogen and oxygen atoms in total. The topological polar surface area (TPSA) is 12.0 Å². The molecule has 3 atom stereocenters. The summed E-state index contributed by atoms with van der Waals surface area (Å²) in [5, 5.41) is 3.67. The van der Waals surface area contributed by atoms with E-state index in [1.807, 2.05) is 0 Å². The molecule has 1 N–H and O–H groups in total. The Labute approximate surface area is 89.0 Å². The first-order valence-electron chi connectivity index (χ1n) is 6.13. The molecule has 0 radical (unpaired) electrons. The smallest absolute Gasteiger partial charge is 0.0132 e. The van der Waals surface area contributed by atoms with Crippen LogP contribution in [0.4, 0.5) is 0 Å². The van der Waals surface area contributed by atoms with Crippen LogP contribution < -0.4 is 5.32 Å². The van der Waals surface area contributed by atoms with Crippen LogP contribution >= 0.6 is 0 Å². The summed E-state index contributed by atoms with van der Waals surface area (Å²) in [6.45, 7) is 9.66. The molecule has 1 rings (SSSR count). The quantitative estimate of drug-likeness (QED) is 0.641. The van der Waals surface area contributed by atoms with E-state index in [2.05, 4.69) is 31.8 Å². The Morgan fingerprint density at radius 3 is 2.79 bits per heavy atom. The van der Waals surface area contributed by atoms with Gasteiger partial charge in [0, 0.05) is 6.04 Å². The van der Waals surface area contributed by atoms with E-state index in [0.717, 1.165) is 24.8 Å². The second-order valence-corrected chi connectivity index (χ2v) is 4.66. The van der Waals surface area contributed by atoms with Crippen LogP contribution in [0.5, 0.6) is 0 Å². The first kappa shape index (κ1) is 11.8. The fourth-order valence-electron chi connectivity index (χ4n) is 2.69. The van der Waals surface area contributed by atoms with Crippen molar-refractivity contribution in [1.82, 2.24) is 5.32 Å². The molecule has 0 aromatic heterocycles. The van der Waals surface area contributed by atoms with Crippen molar-refractivity contribution in [2.45, 2.75) is 52.0 Å². The maximum absolute atomic E-state index is 3.86. The van der Waals surface area contributed by atoms with E-state index in [1.54, 1.807) is 0 Å². The SMILES string of the molecule is C=CCC(NCCC)C1CCCC1C. The van der Waals surface area contributed by atoms with Crippen molar-refractivity contribution in [2.75, 3.05) is 6.54 Å². The monoisotopic (exact) mass is 195 g/mol. The van der Waals surface area contributed by atoms with Gasteiger partial charge in [0.05, 0.1) is 0 Å². The summed E-state index contributed by atoms with van der Waals surface area (Å²) in [6.07, 6.45) is 8.69. The molecule has 1 saturated carbocycles. The minimum Gasteiger partial charge on any atom is -0.313 e. The Morgan fingerprint density at radius 2 is 2.29 bits per heavy atom. The minimum atomic E-state index is 0.685. The Bertz CT molecular complexity index is 165. The lowest BCUT2D eigenvalue weighted by atomic mass is 9.88. The molecule has 0 saturated heterocycles. The van der Waals surface area contributed by atoms with Crippen LogP contribution in [-0.2, 0) is 0 Å². The van der Waals surface area contributed by atoms with Gasteiger partial charge in [0.25, 0.3) is 0 Å². The van der Waals surface area contributed by atoms with Gasteiger partial charge in [-0.2, -0.15) is 0 Å². The standard InChI is InChI=1S/C13H25N/c1-4-7-13(14-10-5-2)12-9-6-8-11(12)3/h4,11-14H,1,5-10H2,2-3H3. The van der Waals surface area contributed by atoms with Crippen LogP contribution in [0.3, 0.4) is 0 Å². The highest BCUT2D eigenvalue weighted by molar-refractivity contribution is 4.88. The molecule has 0 aromatic carbocycles. The van der Waals surface area contributed by atoms with Gasteiger partial charge in [-0.05, 0) is 37.6 Å². The van der Waals surface area contributed by atoms with Crippen LogP contribution in [-0.4, -0.2) is 12.6 Å². The fourth-order valence-corrected chi connectivity index (χ4v) is 2.69. The van der Waals surface area contributed by atoms with Gasteiger partial charge >= 0.3 is 0 Å². The summed E-state index contributed by atoms with van der Waals surface area (Å²) in [7, 11) is 0. The number of hydrogen-bond acceptors (Lipinski definition) is 1. The molecule has 1 aliphatic rings. The summed E-state index contributed by atoms with van der Waals surface area (Å²) in [5.74, 6) is 1.80. The number of rotatable bonds is 6. The van der Waals surface area contributed by atoms with Gasteiger partial charge in [-0.1, -0.05) is 32.8 Å². The van der Waals surface area contributed by atoms with Gasteiger partial charge in [0.2, 0.25) is 0 Å². The molecule has 0 aliphatic heterocycles. The lowest BCUT2D eigenvalue weighted by molar-refractivity contribution is 0.298. The van der Waals surface area contributed by atoms with E-state index in [4.69, 9.17) is 0 Å². The lowest BCUT2D eigenvalue weighted by Crippen LogP contribution is -2.37. The molecule has 0 spiro atoms. The van der Waals surface area contributed by atoms with Crippen molar-refractivity contribution in [3.8, 4) is 0 Å². The van der Waals surface area contributed by atoms with E-state index in [0.29, 0.717) is 6.04 Å².